The zero-order valence-corrected chi connectivity index (χ0v) is 10.8. The first kappa shape index (κ1) is 14.6. The van der Waals surface area contributed by atoms with Crippen LogP contribution in [0.1, 0.15) is 12.0 Å². The summed E-state index contributed by atoms with van der Waals surface area (Å²) in [6, 6.07) is 4.35. The molecular formula is C13H14FNO2S. The number of aliphatic hydroxyl groups excluding tert-OH is 1. The molecule has 5 heteroatoms. The zero-order chi connectivity index (χ0) is 13.4. The van der Waals surface area contributed by atoms with Gasteiger partial charge in [-0.05, 0) is 24.5 Å². The van der Waals surface area contributed by atoms with Gasteiger partial charge in [0.2, 0.25) is 5.91 Å². The Morgan fingerprint density at radius 1 is 1.56 bits per heavy atom. The predicted molar refractivity (Wildman–Crippen MR) is 72.0 cm³/mol. The summed E-state index contributed by atoms with van der Waals surface area (Å²) >= 11 is 1.40. The quantitative estimate of drug-likeness (QED) is 0.819. The van der Waals surface area contributed by atoms with Gasteiger partial charge in [-0.2, -0.15) is 11.8 Å². The lowest BCUT2D eigenvalue weighted by atomic mass is 10.2. The molecule has 0 saturated heterocycles. The topological polar surface area (TPSA) is 49.3 Å². The summed E-state index contributed by atoms with van der Waals surface area (Å²) in [5, 5.41) is 11.2. The third-order valence-corrected chi connectivity index (χ3v) is 2.54. The highest BCUT2D eigenvalue weighted by Crippen LogP contribution is 2.14. The van der Waals surface area contributed by atoms with E-state index in [1.54, 1.807) is 6.07 Å². The Morgan fingerprint density at radius 2 is 2.33 bits per heavy atom. The SMILES string of the molecule is CSCC(=O)Nc1ccc(C#CCCO)c(F)c1. The normalized spacial score (nSPS) is 9.50. The summed E-state index contributed by atoms with van der Waals surface area (Å²) in [5.41, 5.74) is 0.672. The number of anilines is 1. The molecule has 0 saturated carbocycles. The van der Waals surface area contributed by atoms with Crippen LogP contribution >= 0.6 is 11.8 Å². The number of carbonyl (C=O) groups is 1. The van der Waals surface area contributed by atoms with E-state index in [0.717, 1.165) is 0 Å². The predicted octanol–water partition coefficient (Wildman–Crippen LogP) is 1.86. The van der Waals surface area contributed by atoms with E-state index in [9.17, 15) is 9.18 Å². The van der Waals surface area contributed by atoms with Gasteiger partial charge in [-0.25, -0.2) is 4.39 Å². The molecule has 2 N–H and O–H groups in total. The van der Waals surface area contributed by atoms with Crippen molar-refractivity contribution in [1.82, 2.24) is 0 Å². The van der Waals surface area contributed by atoms with Gasteiger partial charge in [-0.15, -0.1) is 0 Å². The fourth-order valence-corrected chi connectivity index (χ4v) is 1.57. The van der Waals surface area contributed by atoms with E-state index in [4.69, 9.17) is 5.11 Å². The van der Waals surface area contributed by atoms with Crippen LogP contribution in [0.5, 0.6) is 0 Å². The van der Waals surface area contributed by atoms with Crippen LogP contribution in [-0.2, 0) is 4.79 Å². The number of thioether (sulfide) groups is 1. The number of benzene rings is 1. The lowest BCUT2D eigenvalue weighted by Crippen LogP contribution is -2.13. The van der Waals surface area contributed by atoms with Gasteiger partial charge in [0.15, 0.2) is 0 Å². The molecule has 0 aliphatic heterocycles. The number of hydrogen-bond acceptors (Lipinski definition) is 3. The molecule has 0 radical (unpaired) electrons. The number of aliphatic hydroxyl groups is 1. The monoisotopic (exact) mass is 267 g/mol. The molecule has 0 aliphatic rings. The van der Waals surface area contributed by atoms with Crippen LogP contribution in [0.2, 0.25) is 0 Å². The van der Waals surface area contributed by atoms with Crippen molar-refractivity contribution in [2.45, 2.75) is 6.42 Å². The van der Waals surface area contributed by atoms with Crippen molar-refractivity contribution in [2.24, 2.45) is 0 Å². The second-order valence-corrected chi connectivity index (χ2v) is 4.32. The van der Waals surface area contributed by atoms with Gasteiger partial charge in [0, 0.05) is 12.1 Å². The van der Waals surface area contributed by atoms with Crippen LogP contribution < -0.4 is 5.32 Å². The van der Waals surface area contributed by atoms with Gasteiger partial charge in [0.1, 0.15) is 5.82 Å². The standard InChI is InChI=1S/C13H14FNO2S/c1-18-9-13(17)15-11-6-5-10(12(14)8-11)4-2-3-7-16/h5-6,8,16H,3,7,9H2,1H3,(H,15,17). The van der Waals surface area contributed by atoms with Crippen LogP contribution in [0.25, 0.3) is 0 Å². The van der Waals surface area contributed by atoms with Crippen molar-refractivity contribution in [3.8, 4) is 11.8 Å². The minimum atomic E-state index is -0.484. The molecule has 0 unspecified atom stereocenters. The van der Waals surface area contributed by atoms with E-state index in [0.29, 0.717) is 17.9 Å². The Hall–Kier alpha value is -1.51. The third-order valence-electron chi connectivity index (χ3n) is 1.99. The third kappa shape index (κ3) is 4.78. The molecule has 0 spiro atoms. The lowest BCUT2D eigenvalue weighted by Gasteiger charge is -2.04. The molecule has 0 bridgehead atoms. The Balaban J connectivity index is 2.74. The van der Waals surface area contributed by atoms with Crippen LogP contribution in [0, 0.1) is 17.7 Å². The molecule has 1 aromatic rings. The number of amides is 1. The maximum absolute atomic E-state index is 13.6. The zero-order valence-electron chi connectivity index (χ0n) is 10.00. The van der Waals surface area contributed by atoms with Gasteiger partial charge >= 0.3 is 0 Å². The van der Waals surface area contributed by atoms with Gasteiger partial charge in [-0.1, -0.05) is 11.8 Å². The van der Waals surface area contributed by atoms with E-state index in [1.165, 1.54) is 23.9 Å². The van der Waals surface area contributed by atoms with Crippen molar-refractivity contribution in [3.05, 3.63) is 29.6 Å². The number of halogens is 1. The summed E-state index contributed by atoms with van der Waals surface area (Å²) in [7, 11) is 0. The maximum Gasteiger partial charge on any atom is 0.234 e. The Bertz CT molecular complexity index is 480. The largest absolute Gasteiger partial charge is 0.395 e. The van der Waals surface area contributed by atoms with E-state index < -0.39 is 5.82 Å². The van der Waals surface area contributed by atoms with E-state index in [2.05, 4.69) is 17.2 Å². The fraction of sp³-hybridized carbons (Fsp3) is 0.308. The summed E-state index contributed by atoms with van der Waals surface area (Å²) in [6.45, 7) is -0.0442. The number of rotatable bonds is 4. The average Bonchev–Trinajstić information content (AvgIpc) is 2.32. The fourth-order valence-electron chi connectivity index (χ4n) is 1.24. The van der Waals surface area contributed by atoms with Gasteiger partial charge in [0.05, 0.1) is 17.9 Å². The van der Waals surface area contributed by atoms with Gasteiger partial charge in [0.25, 0.3) is 0 Å². The molecule has 0 aliphatic carbocycles. The Kier molecular flexibility index (Phi) is 6.26. The highest BCUT2D eigenvalue weighted by molar-refractivity contribution is 7.99. The second-order valence-electron chi connectivity index (χ2n) is 3.45. The van der Waals surface area contributed by atoms with Crippen molar-refractivity contribution >= 4 is 23.4 Å². The first-order chi connectivity index (χ1) is 8.67. The average molecular weight is 267 g/mol. The highest BCUT2D eigenvalue weighted by Gasteiger charge is 2.04. The Morgan fingerprint density at radius 3 is 2.94 bits per heavy atom. The second kappa shape index (κ2) is 7.75. The van der Waals surface area contributed by atoms with Crippen molar-refractivity contribution < 1.29 is 14.3 Å². The molecule has 1 rings (SSSR count). The number of carbonyl (C=O) groups excluding carboxylic acids is 1. The summed E-state index contributed by atoms with van der Waals surface area (Å²) in [5.74, 6) is 4.94. The number of nitrogens with one attached hydrogen (secondary N) is 1. The highest BCUT2D eigenvalue weighted by atomic mass is 32.2. The molecule has 0 heterocycles. The van der Waals surface area contributed by atoms with Crippen LogP contribution in [-0.4, -0.2) is 29.6 Å². The molecule has 3 nitrogen and oxygen atoms in total. The summed E-state index contributed by atoms with van der Waals surface area (Å²) in [6.07, 6.45) is 2.13. The first-order valence-corrected chi connectivity index (χ1v) is 6.75. The minimum Gasteiger partial charge on any atom is -0.395 e. The van der Waals surface area contributed by atoms with E-state index >= 15 is 0 Å². The van der Waals surface area contributed by atoms with Crippen LogP contribution in [0.15, 0.2) is 18.2 Å². The van der Waals surface area contributed by atoms with Crippen molar-refractivity contribution in [2.75, 3.05) is 23.9 Å². The van der Waals surface area contributed by atoms with E-state index in [1.807, 2.05) is 6.26 Å². The molecule has 18 heavy (non-hydrogen) atoms. The van der Waals surface area contributed by atoms with Crippen LogP contribution in [0.3, 0.4) is 0 Å². The summed E-state index contributed by atoms with van der Waals surface area (Å²) in [4.78, 5) is 11.3. The van der Waals surface area contributed by atoms with E-state index in [-0.39, 0.29) is 18.1 Å². The minimum absolute atomic E-state index is 0.0442. The molecule has 0 atom stereocenters. The molecule has 0 fully saturated rings. The molecular weight excluding hydrogens is 253 g/mol. The maximum atomic E-state index is 13.6. The van der Waals surface area contributed by atoms with Gasteiger partial charge < -0.3 is 10.4 Å². The van der Waals surface area contributed by atoms with Crippen molar-refractivity contribution in [1.29, 1.82) is 0 Å². The molecule has 1 amide bonds. The first-order valence-electron chi connectivity index (χ1n) is 5.35. The van der Waals surface area contributed by atoms with Gasteiger partial charge in [-0.3, -0.25) is 4.79 Å². The molecule has 0 aromatic heterocycles. The molecule has 96 valence electrons. The van der Waals surface area contributed by atoms with Crippen molar-refractivity contribution in [3.63, 3.8) is 0 Å². The van der Waals surface area contributed by atoms with Crippen LogP contribution in [0.4, 0.5) is 10.1 Å². The molecule has 1 aromatic carbocycles. The smallest absolute Gasteiger partial charge is 0.234 e. The number of hydrogen-bond donors (Lipinski definition) is 2. The lowest BCUT2D eigenvalue weighted by molar-refractivity contribution is -0.113. The summed E-state index contributed by atoms with van der Waals surface area (Å²) < 4.78 is 13.6. The Labute approximate surface area is 110 Å².